The Balaban J connectivity index is 1.80. The van der Waals surface area contributed by atoms with Crippen LogP contribution < -0.4 is 10.1 Å². The third-order valence-corrected chi connectivity index (χ3v) is 6.64. The van der Waals surface area contributed by atoms with E-state index in [1.54, 1.807) is 6.08 Å². The van der Waals surface area contributed by atoms with Crippen molar-refractivity contribution in [2.45, 2.75) is 20.5 Å². The second-order valence-electron chi connectivity index (χ2n) is 7.07. The quantitative estimate of drug-likeness (QED) is 0.177. The van der Waals surface area contributed by atoms with E-state index in [1.807, 2.05) is 74.5 Å². The van der Waals surface area contributed by atoms with Gasteiger partial charge < -0.3 is 10.1 Å². The topological polar surface area (TPSA) is 62.1 Å². The number of hydrogen-bond donors (Lipinski definition) is 1. The van der Waals surface area contributed by atoms with E-state index < -0.39 is 5.91 Å². The van der Waals surface area contributed by atoms with Gasteiger partial charge in [0.25, 0.3) is 5.91 Å². The lowest BCUT2D eigenvalue weighted by Gasteiger charge is -2.13. The Morgan fingerprint density at radius 2 is 1.97 bits per heavy atom. The molecule has 3 aromatic carbocycles. The van der Waals surface area contributed by atoms with Gasteiger partial charge in [0, 0.05) is 16.3 Å². The van der Waals surface area contributed by atoms with Crippen LogP contribution in [0.5, 0.6) is 5.75 Å². The van der Waals surface area contributed by atoms with Crippen LogP contribution in [-0.4, -0.2) is 5.91 Å². The highest BCUT2D eigenvalue weighted by Gasteiger charge is 2.14. The summed E-state index contributed by atoms with van der Waals surface area (Å²) in [5, 5.41) is 13.0. The largest absolute Gasteiger partial charge is 0.487 e. The molecule has 4 nitrogen and oxygen atoms in total. The first-order valence-electron chi connectivity index (χ1n) is 9.64. The average Bonchev–Trinajstić information content (AvgIpc) is 2.75. The Kier molecular flexibility index (Phi) is 8.35. The number of carbonyl (C=O) groups excluding carboxylic acids is 1. The van der Waals surface area contributed by atoms with Gasteiger partial charge in [-0.25, -0.2) is 0 Å². The number of rotatable bonds is 6. The van der Waals surface area contributed by atoms with Crippen LogP contribution in [-0.2, 0) is 11.4 Å². The van der Waals surface area contributed by atoms with Gasteiger partial charge in [0.05, 0.1) is 8.04 Å². The van der Waals surface area contributed by atoms with E-state index in [9.17, 15) is 10.1 Å². The van der Waals surface area contributed by atoms with E-state index >= 15 is 0 Å². The second kappa shape index (κ2) is 11.0. The first kappa shape index (κ1) is 24.3. The summed E-state index contributed by atoms with van der Waals surface area (Å²) in [5.74, 6) is 0.215. The van der Waals surface area contributed by atoms with E-state index in [0.29, 0.717) is 28.6 Å². The third-order valence-electron chi connectivity index (χ3n) is 4.88. The molecule has 0 bridgehead atoms. The molecule has 0 radical (unpaired) electrons. The molecule has 0 atom stereocenters. The van der Waals surface area contributed by atoms with Crippen molar-refractivity contribution in [3.8, 4) is 11.8 Å². The average molecular weight is 622 g/mol. The normalized spacial score (nSPS) is 11.1. The molecule has 32 heavy (non-hydrogen) atoms. The molecule has 0 unspecified atom stereocenters. The molecule has 0 aliphatic rings. The lowest BCUT2D eigenvalue weighted by molar-refractivity contribution is -0.112. The van der Waals surface area contributed by atoms with Gasteiger partial charge in [-0.15, -0.1) is 0 Å². The molecule has 3 aromatic rings. The fourth-order valence-electron chi connectivity index (χ4n) is 2.96. The maximum atomic E-state index is 12.7. The van der Waals surface area contributed by atoms with E-state index in [2.05, 4.69) is 43.8 Å². The van der Waals surface area contributed by atoms with E-state index in [-0.39, 0.29) is 5.57 Å². The van der Waals surface area contributed by atoms with Crippen LogP contribution in [0, 0.1) is 28.7 Å². The molecule has 0 heterocycles. The molecule has 0 aliphatic carbocycles. The minimum absolute atomic E-state index is 0.0124. The van der Waals surface area contributed by atoms with E-state index in [1.165, 1.54) is 0 Å². The highest BCUT2D eigenvalue weighted by molar-refractivity contribution is 14.1. The van der Waals surface area contributed by atoms with Gasteiger partial charge in [-0.2, -0.15) is 5.26 Å². The van der Waals surface area contributed by atoms with Crippen molar-refractivity contribution >= 4 is 67.8 Å². The summed E-state index contributed by atoms with van der Waals surface area (Å²) in [7, 11) is 0. The van der Waals surface area contributed by atoms with Crippen molar-refractivity contribution in [3.05, 3.63) is 95.5 Å². The van der Waals surface area contributed by atoms with Gasteiger partial charge in [-0.05, 0) is 99.4 Å². The van der Waals surface area contributed by atoms with Crippen molar-refractivity contribution in [2.24, 2.45) is 0 Å². The SMILES string of the molecule is Cc1cccc(NC(=O)/C(C#N)=C/c2cc(Br)c(OCc3ccccc3Cl)c(I)c2)c1C. The molecule has 7 heteroatoms. The minimum Gasteiger partial charge on any atom is -0.487 e. The molecule has 3 rings (SSSR count). The van der Waals surface area contributed by atoms with Gasteiger partial charge >= 0.3 is 0 Å². The number of carbonyl (C=O) groups is 1. The number of nitrogens with one attached hydrogen (secondary N) is 1. The Bertz CT molecular complexity index is 1230. The summed E-state index contributed by atoms with van der Waals surface area (Å²) in [4.78, 5) is 12.7. The predicted molar refractivity (Wildman–Crippen MR) is 141 cm³/mol. The fraction of sp³-hybridized carbons (Fsp3) is 0.120. The van der Waals surface area contributed by atoms with Gasteiger partial charge in [0.1, 0.15) is 24.0 Å². The van der Waals surface area contributed by atoms with E-state index in [4.69, 9.17) is 16.3 Å². The highest BCUT2D eigenvalue weighted by Crippen LogP contribution is 2.34. The smallest absolute Gasteiger partial charge is 0.266 e. The lowest BCUT2D eigenvalue weighted by atomic mass is 10.1. The van der Waals surface area contributed by atoms with Crippen LogP contribution in [0.1, 0.15) is 22.3 Å². The second-order valence-corrected chi connectivity index (χ2v) is 9.49. The standard InChI is InChI=1S/C25H19BrClIN2O2/c1-15-6-5-9-23(16(15)2)30-25(31)19(13-29)10-17-11-20(26)24(22(28)12-17)32-14-18-7-3-4-8-21(18)27/h3-12H,14H2,1-2H3,(H,30,31)/b19-10+. The van der Waals surface area contributed by atoms with Crippen LogP contribution in [0.2, 0.25) is 5.02 Å². The zero-order valence-corrected chi connectivity index (χ0v) is 21.9. The van der Waals surface area contributed by atoms with Crippen LogP contribution in [0.4, 0.5) is 5.69 Å². The summed E-state index contributed by atoms with van der Waals surface area (Å²) in [6.45, 7) is 4.23. The maximum Gasteiger partial charge on any atom is 0.266 e. The number of nitrogens with zero attached hydrogens (tertiary/aromatic N) is 1. The maximum absolute atomic E-state index is 12.7. The predicted octanol–water partition coefficient (Wildman–Crippen LogP) is 7.45. The molecule has 1 amide bonds. The summed E-state index contributed by atoms with van der Waals surface area (Å²) < 4.78 is 7.52. The van der Waals surface area contributed by atoms with Crippen molar-refractivity contribution in [3.63, 3.8) is 0 Å². The monoisotopic (exact) mass is 620 g/mol. The third kappa shape index (κ3) is 5.91. The molecular formula is C25H19BrClIN2O2. The molecule has 0 saturated carbocycles. The molecule has 0 saturated heterocycles. The number of benzene rings is 3. The molecule has 0 fully saturated rings. The number of aryl methyl sites for hydroxylation is 1. The summed E-state index contributed by atoms with van der Waals surface area (Å²) in [6.07, 6.45) is 1.56. The van der Waals surface area contributed by atoms with Crippen LogP contribution in [0.25, 0.3) is 6.08 Å². The van der Waals surface area contributed by atoms with Gasteiger partial charge in [-0.3, -0.25) is 4.79 Å². The number of amides is 1. The first-order chi connectivity index (χ1) is 15.3. The summed E-state index contributed by atoms with van der Waals surface area (Å²) in [5.41, 5.74) is 4.33. The van der Waals surface area contributed by atoms with Gasteiger partial charge in [0.15, 0.2) is 0 Å². The Hall–Kier alpha value is -2.34. The molecule has 162 valence electrons. The molecular weight excluding hydrogens is 603 g/mol. The van der Waals surface area contributed by atoms with Gasteiger partial charge in [-0.1, -0.05) is 41.9 Å². The number of halogens is 3. The van der Waals surface area contributed by atoms with Crippen molar-refractivity contribution in [1.82, 2.24) is 0 Å². The Morgan fingerprint density at radius 1 is 1.22 bits per heavy atom. The number of nitriles is 1. The summed E-state index contributed by atoms with van der Waals surface area (Å²) in [6, 6.07) is 18.8. The van der Waals surface area contributed by atoms with Crippen LogP contribution in [0.15, 0.2) is 64.6 Å². The zero-order chi connectivity index (χ0) is 23.3. The zero-order valence-electron chi connectivity index (χ0n) is 17.4. The highest BCUT2D eigenvalue weighted by atomic mass is 127. The Labute approximate surface area is 214 Å². The van der Waals surface area contributed by atoms with Crippen LogP contribution in [0.3, 0.4) is 0 Å². The Morgan fingerprint density at radius 3 is 2.66 bits per heavy atom. The lowest BCUT2D eigenvalue weighted by Crippen LogP contribution is -2.14. The fourth-order valence-corrected chi connectivity index (χ4v) is 4.92. The first-order valence-corrected chi connectivity index (χ1v) is 11.9. The van der Waals surface area contributed by atoms with Crippen LogP contribution >= 0.6 is 50.1 Å². The van der Waals surface area contributed by atoms with Crippen molar-refractivity contribution in [2.75, 3.05) is 5.32 Å². The minimum atomic E-state index is -0.452. The van der Waals surface area contributed by atoms with E-state index in [0.717, 1.165) is 24.7 Å². The molecule has 0 spiro atoms. The van der Waals surface area contributed by atoms with Crippen molar-refractivity contribution in [1.29, 1.82) is 5.26 Å². The van der Waals surface area contributed by atoms with Crippen molar-refractivity contribution < 1.29 is 9.53 Å². The van der Waals surface area contributed by atoms with Gasteiger partial charge in [0.2, 0.25) is 0 Å². The molecule has 0 aromatic heterocycles. The molecule has 0 aliphatic heterocycles. The number of ether oxygens (including phenoxy) is 1. The number of hydrogen-bond acceptors (Lipinski definition) is 3. The molecule has 1 N–H and O–H groups in total. The summed E-state index contributed by atoms with van der Waals surface area (Å²) >= 11 is 11.9. The number of anilines is 1.